The highest BCUT2D eigenvalue weighted by Gasteiger charge is 2.07. The average molecular weight is 249 g/mol. The Labute approximate surface area is 103 Å². The Hall–Kier alpha value is -2.28. The van der Waals surface area contributed by atoms with Crippen LogP contribution in [0.5, 0.6) is 0 Å². The molecule has 0 aliphatic heterocycles. The third-order valence-corrected chi connectivity index (χ3v) is 2.23. The van der Waals surface area contributed by atoms with Gasteiger partial charge in [-0.05, 0) is 25.2 Å². The predicted octanol–water partition coefficient (Wildman–Crippen LogP) is 0.564. The van der Waals surface area contributed by atoms with Gasteiger partial charge in [-0.1, -0.05) is 0 Å². The molecule has 2 N–H and O–H groups in total. The van der Waals surface area contributed by atoms with Gasteiger partial charge >= 0.3 is 0 Å². The Balaban J connectivity index is 2.18. The molecule has 1 heterocycles. The minimum atomic E-state index is -0.484. The largest absolute Gasteiger partial charge is 0.325 e. The molecule has 0 bridgehead atoms. The van der Waals surface area contributed by atoms with E-state index in [1.165, 1.54) is 29.5 Å². The summed E-state index contributed by atoms with van der Waals surface area (Å²) in [7, 11) is 1.66. The fourth-order valence-electron chi connectivity index (χ4n) is 1.47. The highest BCUT2D eigenvalue weighted by molar-refractivity contribution is 5.92. The highest BCUT2D eigenvalue weighted by atomic mass is 19.1. The third-order valence-electron chi connectivity index (χ3n) is 2.23. The van der Waals surface area contributed by atoms with Gasteiger partial charge in [0.05, 0.1) is 6.54 Å². The van der Waals surface area contributed by atoms with Crippen LogP contribution in [0.15, 0.2) is 30.9 Å². The molecule has 18 heavy (non-hydrogen) atoms. The van der Waals surface area contributed by atoms with Crippen molar-refractivity contribution in [1.29, 1.82) is 0 Å². The van der Waals surface area contributed by atoms with Gasteiger partial charge in [-0.25, -0.2) is 14.1 Å². The molecule has 0 aliphatic rings. The van der Waals surface area contributed by atoms with Crippen LogP contribution in [0.4, 0.5) is 10.1 Å². The maximum Gasteiger partial charge on any atom is 0.238 e. The van der Waals surface area contributed by atoms with E-state index >= 15 is 0 Å². The molecule has 0 fully saturated rings. The zero-order valence-electron chi connectivity index (χ0n) is 9.72. The number of halogens is 1. The Morgan fingerprint density at radius 1 is 1.50 bits per heavy atom. The normalized spacial score (nSPS) is 10.3. The molecule has 1 aromatic heterocycles. The van der Waals surface area contributed by atoms with Crippen molar-refractivity contribution < 1.29 is 9.18 Å². The molecule has 1 aromatic carbocycles. The van der Waals surface area contributed by atoms with Crippen molar-refractivity contribution in [3.8, 4) is 5.69 Å². The smallest absolute Gasteiger partial charge is 0.238 e. The number of aromatic nitrogens is 3. The quantitative estimate of drug-likeness (QED) is 0.830. The maximum atomic E-state index is 13.8. The van der Waals surface area contributed by atoms with Crippen LogP contribution in [0, 0.1) is 5.82 Å². The first-order valence-corrected chi connectivity index (χ1v) is 5.29. The molecule has 6 nitrogen and oxygen atoms in total. The second kappa shape index (κ2) is 5.37. The highest BCUT2D eigenvalue weighted by Crippen LogP contribution is 2.17. The van der Waals surface area contributed by atoms with Crippen LogP contribution in [-0.2, 0) is 4.79 Å². The minimum absolute atomic E-state index is 0.173. The number of rotatable bonds is 4. The number of hydrogen-bond acceptors (Lipinski definition) is 4. The zero-order chi connectivity index (χ0) is 13.0. The lowest BCUT2D eigenvalue weighted by molar-refractivity contribution is -0.115. The summed E-state index contributed by atoms with van der Waals surface area (Å²) in [6.07, 6.45) is 2.72. The second-order valence-corrected chi connectivity index (χ2v) is 3.58. The van der Waals surface area contributed by atoms with E-state index in [0.29, 0.717) is 5.69 Å². The SMILES string of the molecule is CNCC(=O)Nc1ccc(-n2cncn2)c(F)c1. The molecule has 0 unspecified atom stereocenters. The van der Waals surface area contributed by atoms with Crippen molar-refractivity contribution >= 4 is 11.6 Å². The first kappa shape index (κ1) is 12.2. The Morgan fingerprint density at radius 3 is 2.94 bits per heavy atom. The summed E-state index contributed by atoms with van der Waals surface area (Å²) in [5.74, 6) is -0.715. The fraction of sp³-hybridized carbons (Fsp3) is 0.182. The number of nitrogens with zero attached hydrogens (tertiary/aromatic N) is 3. The first-order chi connectivity index (χ1) is 8.70. The molecule has 0 saturated carbocycles. The van der Waals surface area contributed by atoms with Crippen LogP contribution in [0.2, 0.25) is 0 Å². The van der Waals surface area contributed by atoms with Gasteiger partial charge in [-0.2, -0.15) is 5.10 Å². The zero-order valence-corrected chi connectivity index (χ0v) is 9.72. The van der Waals surface area contributed by atoms with Crippen LogP contribution in [0.1, 0.15) is 0 Å². The van der Waals surface area contributed by atoms with Gasteiger partial charge in [-0.3, -0.25) is 4.79 Å². The lowest BCUT2D eigenvalue weighted by atomic mass is 10.2. The van der Waals surface area contributed by atoms with Crippen molar-refractivity contribution in [2.24, 2.45) is 0 Å². The van der Waals surface area contributed by atoms with Crippen molar-refractivity contribution in [2.45, 2.75) is 0 Å². The van der Waals surface area contributed by atoms with E-state index in [1.807, 2.05) is 0 Å². The Morgan fingerprint density at radius 2 is 2.33 bits per heavy atom. The summed E-state index contributed by atoms with van der Waals surface area (Å²) in [6.45, 7) is 0.173. The van der Waals surface area contributed by atoms with Crippen LogP contribution < -0.4 is 10.6 Å². The molecule has 0 atom stereocenters. The fourth-order valence-corrected chi connectivity index (χ4v) is 1.47. The monoisotopic (exact) mass is 249 g/mol. The molecule has 7 heteroatoms. The number of benzene rings is 1. The number of likely N-dealkylation sites (N-methyl/N-ethyl adjacent to an activating group) is 1. The summed E-state index contributed by atoms with van der Waals surface area (Å²) in [5.41, 5.74) is 0.677. The number of anilines is 1. The van der Waals surface area contributed by atoms with Crippen LogP contribution in [0.3, 0.4) is 0 Å². The minimum Gasteiger partial charge on any atom is -0.325 e. The van der Waals surface area contributed by atoms with Gasteiger partial charge < -0.3 is 10.6 Å². The van der Waals surface area contributed by atoms with E-state index < -0.39 is 5.82 Å². The van der Waals surface area contributed by atoms with Gasteiger partial charge in [0.25, 0.3) is 0 Å². The molecular formula is C11H12FN5O. The summed E-state index contributed by atoms with van der Waals surface area (Å²) in [4.78, 5) is 15.1. The molecule has 0 radical (unpaired) electrons. The van der Waals surface area contributed by atoms with E-state index in [2.05, 4.69) is 20.7 Å². The van der Waals surface area contributed by atoms with Crippen LogP contribution >= 0.6 is 0 Å². The van der Waals surface area contributed by atoms with E-state index in [1.54, 1.807) is 13.1 Å². The lowest BCUT2D eigenvalue weighted by Gasteiger charge is -2.07. The predicted molar refractivity (Wildman–Crippen MR) is 63.9 cm³/mol. The summed E-state index contributed by atoms with van der Waals surface area (Å²) in [6, 6.07) is 4.37. The lowest BCUT2D eigenvalue weighted by Crippen LogP contribution is -2.25. The van der Waals surface area contributed by atoms with Crippen LogP contribution in [0.25, 0.3) is 5.69 Å². The van der Waals surface area contributed by atoms with Gasteiger partial charge in [-0.15, -0.1) is 0 Å². The Kier molecular flexibility index (Phi) is 3.63. The van der Waals surface area contributed by atoms with E-state index in [9.17, 15) is 9.18 Å². The molecule has 0 saturated heterocycles. The van der Waals surface area contributed by atoms with Crippen molar-refractivity contribution in [3.63, 3.8) is 0 Å². The molecular weight excluding hydrogens is 237 g/mol. The van der Waals surface area contributed by atoms with E-state index in [4.69, 9.17) is 0 Å². The molecule has 94 valence electrons. The maximum absolute atomic E-state index is 13.8. The standard InChI is InChI=1S/C11H12FN5O/c1-13-5-11(18)16-8-2-3-10(9(12)4-8)17-7-14-6-15-17/h2-4,6-7,13H,5H2,1H3,(H,16,18). The van der Waals surface area contributed by atoms with Gasteiger partial charge in [0.15, 0.2) is 5.82 Å². The van der Waals surface area contributed by atoms with E-state index in [-0.39, 0.29) is 18.1 Å². The van der Waals surface area contributed by atoms with E-state index in [0.717, 1.165) is 0 Å². The molecule has 2 aromatic rings. The summed E-state index contributed by atoms with van der Waals surface area (Å²) >= 11 is 0. The van der Waals surface area contributed by atoms with Crippen molar-refractivity contribution in [2.75, 3.05) is 18.9 Å². The number of hydrogen-bond donors (Lipinski definition) is 2. The van der Waals surface area contributed by atoms with Crippen LogP contribution in [-0.4, -0.2) is 34.3 Å². The number of carbonyl (C=O) groups excluding carboxylic acids is 1. The van der Waals surface area contributed by atoms with Crippen molar-refractivity contribution in [3.05, 3.63) is 36.7 Å². The summed E-state index contributed by atoms with van der Waals surface area (Å²) in [5, 5.41) is 9.11. The molecule has 2 rings (SSSR count). The molecule has 0 aliphatic carbocycles. The second-order valence-electron chi connectivity index (χ2n) is 3.58. The number of nitrogens with one attached hydrogen (secondary N) is 2. The topological polar surface area (TPSA) is 71.8 Å². The van der Waals surface area contributed by atoms with Gasteiger partial charge in [0.1, 0.15) is 18.3 Å². The first-order valence-electron chi connectivity index (χ1n) is 5.29. The summed E-state index contributed by atoms with van der Waals surface area (Å²) < 4.78 is 15.1. The third kappa shape index (κ3) is 2.69. The average Bonchev–Trinajstić information content (AvgIpc) is 2.82. The van der Waals surface area contributed by atoms with Crippen molar-refractivity contribution in [1.82, 2.24) is 20.1 Å². The molecule has 1 amide bonds. The molecule has 0 spiro atoms. The number of amides is 1. The van der Waals surface area contributed by atoms with Gasteiger partial charge in [0, 0.05) is 5.69 Å². The Bertz CT molecular complexity index is 540. The number of carbonyl (C=O) groups is 1. The van der Waals surface area contributed by atoms with Gasteiger partial charge in [0.2, 0.25) is 5.91 Å².